The lowest BCUT2D eigenvalue weighted by Gasteiger charge is -2.43. The summed E-state index contributed by atoms with van der Waals surface area (Å²) in [6.45, 7) is 4.58. The van der Waals surface area contributed by atoms with E-state index in [4.69, 9.17) is 9.15 Å². The number of carbonyl (C=O) groups is 3. The first-order valence-corrected chi connectivity index (χ1v) is 13.2. The first-order chi connectivity index (χ1) is 18.9. The molecule has 11 nitrogen and oxygen atoms in total. The molecule has 1 N–H and O–H groups in total. The molecule has 0 radical (unpaired) electrons. The lowest BCUT2D eigenvalue weighted by molar-refractivity contribution is 0.0487. The third-order valence-corrected chi connectivity index (χ3v) is 7.55. The maximum Gasteiger partial charge on any atom is 0.275 e. The van der Waals surface area contributed by atoms with Crippen LogP contribution in [0.4, 0.5) is 0 Å². The van der Waals surface area contributed by atoms with Gasteiger partial charge in [-0.15, -0.1) is 0 Å². The third-order valence-electron chi connectivity index (χ3n) is 7.55. The second kappa shape index (κ2) is 11.6. The fourth-order valence-corrected chi connectivity index (χ4v) is 5.11. The van der Waals surface area contributed by atoms with Crippen molar-refractivity contribution in [2.24, 2.45) is 5.41 Å². The molecule has 3 aromatic rings. The van der Waals surface area contributed by atoms with Gasteiger partial charge in [0.05, 0.1) is 24.1 Å². The van der Waals surface area contributed by atoms with Crippen LogP contribution < -0.4 is 10.1 Å². The highest BCUT2D eigenvalue weighted by Crippen LogP contribution is 2.36. The number of ether oxygens (including phenoxy) is 1. The first kappa shape index (κ1) is 26.3. The summed E-state index contributed by atoms with van der Waals surface area (Å²) in [6.07, 6.45) is 8.28. The van der Waals surface area contributed by atoms with Gasteiger partial charge in [-0.25, -0.2) is 9.97 Å². The summed E-state index contributed by atoms with van der Waals surface area (Å²) in [7, 11) is 0. The fraction of sp³-hybridized carbons (Fsp3) is 0.429. The number of para-hydroxylation sites is 1. The van der Waals surface area contributed by atoms with E-state index in [0.717, 1.165) is 5.69 Å². The predicted molar refractivity (Wildman–Crippen MR) is 140 cm³/mol. The van der Waals surface area contributed by atoms with Crippen molar-refractivity contribution in [3.05, 3.63) is 72.0 Å². The maximum absolute atomic E-state index is 13.2. The van der Waals surface area contributed by atoms with Crippen LogP contribution in [0.1, 0.15) is 62.7 Å². The average Bonchev–Trinajstić information content (AvgIpc) is 3.51. The highest BCUT2D eigenvalue weighted by molar-refractivity contribution is 5.97. The molecule has 0 aliphatic carbocycles. The molecule has 3 amide bonds. The molecule has 1 spiro atoms. The van der Waals surface area contributed by atoms with Gasteiger partial charge in [0.15, 0.2) is 12.1 Å². The number of nitrogens with one attached hydrogen (secondary N) is 1. The normalized spacial score (nSPS) is 18.1. The number of piperidine rings is 1. The van der Waals surface area contributed by atoms with Crippen molar-refractivity contribution in [1.82, 2.24) is 30.1 Å². The summed E-state index contributed by atoms with van der Waals surface area (Å²) in [5.74, 6) is -0.0470. The minimum absolute atomic E-state index is 0.153. The number of hydrogen-bond acceptors (Lipinski definition) is 8. The Hall–Kier alpha value is -4.28. The number of likely N-dealkylation sites (tertiary alicyclic amines) is 1. The Morgan fingerprint density at radius 3 is 2.33 bits per heavy atom. The van der Waals surface area contributed by atoms with Gasteiger partial charge in [-0.1, -0.05) is 12.1 Å². The van der Waals surface area contributed by atoms with Crippen LogP contribution in [0.5, 0.6) is 5.75 Å². The zero-order chi connectivity index (χ0) is 27.2. The van der Waals surface area contributed by atoms with Crippen LogP contribution in [0.15, 0.2) is 53.7 Å². The second-order valence-electron chi connectivity index (χ2n) is 10.1. The Bertz CT molecular complexity index is 1300. The first-order valence-electron chi connectivity index (χ1n) is 13.2. The lowest BCUT2D eigenvalue weighted by Crippen LogP contribution is -2.49. The number of rotatable bonds is 2. The molecule has 1 fully saturated rings. The van der Waals surface area contributed by atoms with E-state index in [-0.39, 0.29) is 28.8 Å². The number of carbonyl (C=O) groups excluding carboxylic acids is 3. The SMILES string of the molecule is Cc1cnc(C(=O)N2CCC3(CCN(C(=O)c4cocn4)CCCOc4ccccc4C(=O)NC3)CC2)cn1. The number of oxazole rings is 1. The van der Waals surface area contributed by atoms with Gasteiger partial charge in [0.25, 0.3) is 17.7 Å². The lowest BCUT2D eigenvalue weighted by atomic mass is 9.75. The highest BCUT2D eigenvalue weighted by atomic mass is 16.5. The van der Waals surface area contributed by atoms with E-state index in [1.54, 1.807) is 28.1 Å². The molecular formula is C28H32N6O5. The smallest absolute Gasteiger partial charge is 0.275 e. The third kappa shape index (κ3) is 6.08. The Kier molecular flexibility index (Phi) is 7.85. The summed E-state index contributed by atoms with van der Waals surface area (Å²) >= 11 is 0. The van der Waals surface area contributed by atoms with Crippen molar-refractivity contribution in [2.45, 2.75) is 32.6 Å². The Morgan fingerprint density at radius 1 is 0.923 bits per heavy atom. The molecule has 0 saturated carbocycles. The molecule has 0 unspecified atom stereocenters. The Balaban J connectivity index is 1.36. The highest BCUT2D eigenvalue weighted by Gasteiger charge is 2.38. The van der Waals surface area contributed by atoms with E-state index in [9.17, 15) is 14.4 Å². The van der Waals surface area contributed by atoms with Gasteiger partial charge >= 0.3 is 0 Å². The number of nitrogens with zero attached hydrogens (tertiary/aromatic N) is 5. The summed E-state index contributed by atoms with van der Waals surface area (Å²) in [6, 6.07) is 7.17. The number of benzene rings is 1. The van der Waals surface area contributed by atoms with Gasteiger partial charge in [-0.2, -0.15) is 0 Å². The largest absolute Gasteiger partial charge is 0.493 e. The topological polar surface area (TPSA) is 131 Å². The molecule has 4 heterocycles. The standard InChI is InChI=1S/C28H32N6O5/c1-20-15-30-22(16-29-20)26(36)34-12-8-28(9-13-34)7-11-33(27(37)23-17-38-19-32-23)10-4-14-39-24-6-3-2-5-21(24)25(35)31-18-28/h2-3,5-6,15-17,19H,4,7-14,18H2,1H3,(H,31,35). The summed E-state index contributed by atoms with van der Waals surface area (Å²) in [5.41, 5.74) is 1.50. The summed E-state index contributed by atoms with van der Waals surface area (Å²) in [4.78, 5) is 55.5. The molecule has 39 heavy (non-hydrogen) atoms. The van der Waals surface area contributed by atoms with Crippen molar-refractivity contribution >= 4 is 17.7 Å². The summed E-state index contributed by atoms with van der Waals surface area (Å²) < 4.78 is 11.0. The minimum atomic E-state index is -0.308. The van der Waals surface area contributed by atoms with Gasteiger partial charge in [0, 0.05) is 38.9 Å². The van der Waals surface area contributed by atoms with E-state index in [1.165, 1.54) is 18.9 Å². The molecule has 0 atom stereocenters. The molecule has 0 bridgehead atoms. The van der Waals surface area contributed by atoms with E-state index >= 15 is 0 Å². The zero-order valence-electron chi connectivity index (χ0n) is 22.0. The number of aryl methyl sites for hydroxylation is 1. The van der Waals surface area contributed by atoms with Crippen molar-refractivity contribution < 1.29 is 23.5 Å². The molecule has 2 aliphatic rings. The zero-order valence-corrected chi connectivity index (χ0v) is 22.0. The molecule has 2 aliphatic heterocycles. The van der Waals surface area contributed by atoms with E-state index < -0.39 is 0 Å². The maximum atomic E-state index is 13.2. The van der Waals surface area contributed by atoms with Gasteiger partial charge in [-0.3, -0.25) is 19.4 Å². The Morgan fingerprint density at radius 2 is 1.64 bits per heavy atom. The van der Waals surface area contributed by atoms with E-state index in [1.807, 2.05) is 19.1 Å². The van der Waals surface area contributed by atoms with Crippen LogP contribution in [0.3, 0.4) is 0 Å². The van der Waals surface area contributed by atoms with Crippen LogP contribution in [0, 0.1) is 12.3 Å². The van der Waals surface area contributed by atoms with Gasteiger partial charge in [0.1, 0.15) is 17.7 Å². The van der Waals surface area contributed by atoms with Crippen molar-refractivity contribution in [3.63, 3.8) is 0 Å². The van der Waals surface area contributed by atoms with Gasteiger partial charge < -0.3 is 24.3 Å². The van der Waals surface area contributed by atoms with E-state index in [0.29, 0.717) is 82.0 Å². The molecule has 2 aromatic heterocycles. The van der Waals surface area contributed by atoms with Crippen LogP contribution in [-0.2, 0) is 0 Å². The number of hydrogen-bond donors (Lipinski definition) is 1. The fourth-order valence-electron chi connectivity index (χ4n) is 5.11. The van der Waals surface area contributed by atoms with Crippen LogP contribution in [0.2, 0.25) is 0 Å². The van der Waals surface area contributed by atoms with Crippen LogP contribution in [0.25, 0.3) is 0 Å². The second-order valence-corrected chi connectivity index (χ2v) is 10.1. The Labute approximate surface area is 226 Å². The van der Waals surface area contributed by atoms with Crippen LogP contribution in [-0.4, -0.2) is 81.8 Å². The molecule has 1 saturated heterocycles. The van der Waals surface area contributed by atoms with Crippen molar-refractivity contribution in [2.75, 3.05) is 39.3 Å². The molecule has 5 rings (SSSR count). The molecule has 11 heteroatoms. The minimum Gasteiger partial charge on any atom is -0.493 e. The number of aromatic nitrogens is 3. The van der Waals surface area contributed by atoms with Gasteiger partial charge in [0.2, 0.25) is 0 Å². The number of fused-ring (bicyclic) bond motifs is 1. The van der Waals surface area contributed by atoms with Gasteiger partial charge in [-0.05, 0) is 50.2 Å². The van der Waals surface area contributed by atoms with Crippen molar-refractivity contribution in [1.29, 1.82) is 0 Å². The quantitative estimate of drug-likeness (QED) is 0.533. The van der Waals surface area contributed by atoms with Crippen LogP contribution >= 0.6 is 0 Å². The average molecular weight is 533 g/mol. The van der Waals surface area contributed by atoms with Crippen molar-refractivity contribution in [3.8, 4) is 5.75 Å². The molecule has 1 aromatic carbocycles. The van der Waals surface area contributed by atoms with E-state index in [2.05, 4.69) is 20.3 Å². The number of amides is 3. The molecule has 204 valence electrons. The predicted octanol–water partition coefficient (Wildman–Crippen LogP) is 2.74. The monoisotopic (exact) mass is 532 g/mol. The molecular weight excluding hydrogens is 500 g/mol. The summed E-state index contributed by atoms with van der Waals surface area (Å²) in [5, 5.41) is 3.12.